The Morgan fingerprint density at radius 3 is 2.67 bits per heavy atom. The molecule has 2 rings (SSSR count). The topological polar surface area (TPSA) is 37.4 Å². The Hall–Kier alpha value is -1.16. The van der Waals surface area contributed by atoms with Gasteiger partial charge >= 0.3 is 0 Å². The molecular weight excluding hydrogens is 294 g/mol. The van der Waals surface area contributed by atoms with Gasteiger partial charge in [0.05, 0.1) is 11.3 Å². The van der Waals surface area contributed by atoms with Crippen LogP contribution in [0.15, 0.2) is 22.7 Å². The highest BCUT2D eigenvalue weighted by molar-refractivity contribution is 9.10. The molecule has 1 amide bonds. The molecule has 96 valence electrons. The van der Waals surface area contributed by atoms with Crippen LogP contribution in [-0.4, -0.2) is 18.2 Å². The second-order valence-corrected chi connectivity index (χ2v) is 5.81. The van der Waals surface area contributed by atoms with Crippen LogP contribution in [0.2, 0.25) is 0 Å². The number of anilines is 1. The molecule has 0 spiro atoms. The molecule has 18 heavy (non-hydrogen) atoms. The van der Waals surface area contributed by atoms with Crippen molar-refractivity contribution in [2.75, 3.05) is 11.4 Å². The molecule has 0 saturated carbocycles. The minimum atomic E-state index is -0.402. The van der Waals surface area contributed by atoms with Gasteiger partial charge in [-0.05, 0) is 46.8 Å². The molecule has 1 aliphatic heterocycles. The van der Waals surface area contributed by atoms with E-state index in [9.17, 15) is 9.59 Å². The third-order valence-corrected chi connectivity index (χ3v) is 3.74. The molecule has 1 aromatic rings. The standard InChI is InChI=1S/C14H16BrNO2/c1-9(2)5-4-8-16-12-10(13(17)14(16)18)6-3-7-11(12)15/h3,6-7,9H,4-5,8H2,1-2H3. The Bertz CT molecular complexity index is 497. The molecule has 4 heteroatoms. The number of nitrogens with zero attached hydrogens (tertiary/aromatic N) is 1. The van der Waals surface area contributed by atoms with Crippen molar-refractivity contribution < 1.29 is 9.59 Å². The zero-order chi connectivity index (χ0) is 13.3. The average molecular weight is 310 g/mol. The summed E-state index contributed by atoms with van der Waals surface area (Å²) in [4.78, 5) is 25.4. The number of para-hydroxylation sites is 1. The summed E-state index contributed by atoms with van der Waals surface area (Å²) in [5.74, 6) is -0.186. The molecule has 0 aliphatic carbocycles. The summed E-state index contributed by atoms with van der Waals surface area (Å²) < 4.78 is 0.809. The Morgan fingerprint density at radius 1 is 1.28 bits per heavy atom. The SMILES string of the molecule is CC(C)CCCN1C(=O)C(=O)c2cccc(Br)c21. The predicted octanol–water partition coefficient (Wildman–Crippen LogP) is 3.41. The number of amides is 1. The molecule has 0 fully saturated rings. The van der Waals surface area contributed by atoms with Crippen molar-refractivity contribution in [3.63, 3.8) is 0 Å². The highest BCUT2D eigenvalue weighted by Gasteiger charge is 2.36. The Balaban J connectivity index is 2.23. The lowest BCUT2D eigenvalue weighted by Crippen LogP contribution is -2.31. The van der Waals surface area contributed by atoms with Gasteiger partial charge in [0.15, 0.2) is 0 Å². The minimum absolute atomic E-state index is 0.393. The first-order valence-electron chi connectivity index (χ1n) is 6.17. The number of rotatable bonds is 4. The largest absolute Gasteiger partial charge is 0.304 e. The summed E-state index contributed by atoms with van der Waals surface area (Å²) in [5.41, 5.74) is 1.25. The Morgan fingerprint density at radius 2 is 2.00 bits per heavy atom. The summed E-state index contributed by atoms with van der Waals surface area (Å²) in [6, 6.07) is 5.36. The molecule has 1 heterocycles. The molecule has 0 bridgehead atoms. The lowest BCUT2D eigenvalue weighted by atomic mass is 10.1. The van der Waals surface area contributed by atoms with Gasteiger partial charge in [-0.2, -0.15) is 0 Å². The molecule has 0 saturated heterocycles. The van der Waals surface area contributed by atoms with E-state index in [-0.39, 0.29) is 0 Å². The maximum absolute atomic E-state index is 11.9. The summed E-state index contributed by atoms with van der Waals surface area (Å²) >= 11 is 3.42. The van der Waals surface area contributed by atoms with Crippen LogP contribution in [0, 0.1) is 5.92 Å². The fourth-order valence-electron chi connectivity index (χ4n) is 2.18. The molecule has 0 radical (unpaired) electrons. The van der Waals surface area contributed by atoms with Gasteiger partial charge in [-0.15, -0.1) is 0 Å². The molecular formula is C14H16BrNO2. The van der Waals surface area contributed by atoms with Crippen molar-refractivity contribution in [2.45, 2.75) is 26.7 Å². The maximum Gasteiger partial charge on any atom is 0.299 e. The van der Waals surface area contributed by atoms with Crippen molar-refractivity contribution in [3.8, 4) is 0 Å². The van der Waals surface area contributed by atoms with Crippen molar-refractivity contribution in [2.24, 2.45) is 5.92 Å². The van der Waals surface area contributed by atoms with Gasteiger partial charge in [0, 0.05) is 11.0 Å². The Kier molecular flexibility index (Phi) is 3.85. The van der Waals surface area contributed by atoms with Gasteiger partial charge in [0.1, 0.15) is 0 Å². The van der Waals surface area contributed by atoms with Gasteiger partial charge in [-0.3, -0.25) is 9.59 Å². The van der Waals surface area contributed by atoms with Crippen LogP contribution in [-0.2, 0) is 4.79 Å². The third-order valence-electron chi connectivity index (χ3n) is 3.10. The van der Waals surface area contributed by atoms with Gasteiger partial charge in [-0.25, -0.2) is 0 Å². The summed E-state index contributed by atoms with van der Waals surface area (Å²) in [5, 5.41) is 0. The number of ketones is 1. The number of hydrogen-bond donors (Lipinski definition) is 0. The first-order valence-corrected chi connectivity index (χ1v) is 6.96. The second-order valence-electron chi connectivity index (χ2n) is 4.96. The minimum Gasteiger partial charge on any atom is -0.304 e. The number of carbonyl (C=O) groups is 2. The zero-order valence-electron chi connectivity index (χ0n) is 10.6. The molecule has 0 atom stereocenters. The van der Waals surface area contributed by atoms with E-state index in [2.05, 4.69) is 29.8 Å². The number of fused-ring (bicyclic) bond motifs is 1. The maximum atomic E-state index is 11.9. The first-order chi connectivity index (χ1) is 8.52. The highest BCUT2D eigenvalue weighted by atomic mass is 79.9. The fraction of sp³-hybridized carbons (Fsp3) is 0.429. The van der Waals surface area contributed by atoms with Crippen LogP contribution in [0.5, 0.6) is 0 Å². The van der Waals surface area contributed by atoms with Gasteiger partial charge in [0.2, 0.25) is 0 Å². The van der Waals surface area contributed by atoms with Crippen molar-refractivity contribution in [1.82, 2.24) is 0 Å². The van der Waals surface area contributed by atoms with Gasteiger partial charge < -0.3 is 4.90 Å². The van der Waals surface area contributed by atoms with Crippen LogP contribution in [0.4, 0.5) is 5.69 Å². The molecule has 0 aromatic heterocycles. The smallest absolute Gasteiger partial charge is 0.299 e. The van der Waals surface area contributed by atoms with Crippen LogP contribution in [0.1, 0.15) is 37.0 Å². The number of benzene rings is 1. The van der Waals surface area contributed by atoms with Crippen LogP contribution >= 0.6 is 15.9 Å². The van der Waals surface area contributed by atoms with E-state index in [1.54, 1.807) is 17.0 Å². The van der Waals surface area contributed by atoms with Crippen LogP contribution < -0.4 is 4.90 Å². The Labute approximate surface area is 115 Å². The first kappa shape index (κ1) is 13.3. The zero-order valence-corrected chi connectivity index (χ0v) is 12.2. The third kappa shape index (κ3) is 2.34. The molecule has 1 aromatic carbocycles. The van der Waals surface area contributed by atoms with Crippen LogP contribution in [0.25, 0.3) is 0 Å². The van der Waals surface area contributed by atoms with Gasteiger partial charge in [-0.1, -0.05) is 19.9 Å². The van der Waals surface area contributed by atoms with Crippen molar-refractivity contribution in [1.29, 1.82) is 0 Å². The summed E-state index contributed by atoms with van der Waals surface area (Å²) in [7, 11) is 0. The van der Waals surface area contributed by atoms with Crippen molar-refractivity contribution in [3.05, 3.63) is 28.2 Å². The molecule has 0 N–H and O–H groups in total. The van der Waals surface area contributed by atoms with E-state index in [1.807, 2.05) is 6.07 Å². The number of carbonyl (C=O) groups excluding carboxylic acids is 2. The number of Topliss-reactive ketones (excluding diaryl/α,β-unsaturated/α-hetero) is 1. The summed E-state index contributed by atoms with van der Waals surface area (Å²) in [6.45, 7) is 4.92. The monoisotopic (exact) mass is 309 g/mol. The quantitative estimate of drug-likeness (QED) is 0.799. The number of hydrogen-bond acceptors (Lipinski definition) is 2. The number of halogens is 1. The summed E-state index contributed by atoms with van der Waals surface area (Å²) in [6.07, 6.45) is 1.97. The highest BCUT2D eigenvalue weighted by Crippen LogP contribution is 2.36. The van der Waals surface area contributed by atoms with E-state index >= 15 is 0 Å². The second kappa shape index (κ2) is 5.22. The molecule has 1 aliphatic rings. The van der Waals surface area contributed by atoms with E-state index in [1.165, 1.54) is 0 Å². The molecule has 0 unspecified atom stereocenters. The van der Waals surface area contributed by atoms with Crippen molar-refractivity contribution >= 4 is 33.3 Å². The average Bonchev–Trinajstić information content (AvgIpc) is 2.55. The predicted molar refractivity (Wildman–Crippen MR) is 74.9 cm³/mol. The normalized spacial score (nSPS) is 14.6. The lowest BCUT2D eigenvalue weighted by Gasteiger charge is -2.18. The van der Waals surface area contributed by atoms with Gasteiger partial charge in [0.25, 0.3) is 11.7 Å². The van der Waals surface area contributed by atoms with E-state index in [0.29, 0.717) is 18.0 Å². The van der Waals surface area contributed by atoms with E-state index < -0.39 is 11.7 Å². The van der Waals surface area contributed by atoms with Crippen LogP contribution in [0.3, 0.4) is 0 Å². The lowest BCUT2D eigenvalue weighted by molar-refractivity contribution is -0.114. The van der Waals surface area contributed by atoms with E-state index in [0.717, 1.165) is 23.0 Å². The van der Waals surface area contributed by atoms with E-state index in [4.69, 9.17) is 0 Å². The molecule has 3 nitrogen and oxygen atoms in total. The fourth-order valence-corrected chi connectivity index (χ4v) is 2.76.